The zero-order valence-electron chi connectivity index (χ0n) is 14.7. The van der Waals surface area contributed by atoms with E-state index in [9.17, 15) is 4.79 Å². The lowest BCUT2D eigenvalue weighted by Crippen LogP contribution is -2.19. The number of aromatic nitrogens is 3. The Morgan fingerprint density at radius 3 is 2.56 bits per heavy atom. The van der Waals surface area contributed by atoms with Gasteiger partial charge in [-0.05, 0) is 42.3 Å². The third kappa shape index (κ3) is 3.43. The standard InChI is InChI=1S/C20H18N6O/c1-13-4-2-6-15(10-13)24-20(27)25-16-7-3-5-14(11-16)17-12-22-18-8-9-23-26(18)19(17)21/h2-12H,21H2,1H3,(H2,24,25,27). The molecule has 0 saturated heterocycles. The van der Waals surface area contributed by atoms with E-state index in [1.54, 1.807) is 23.0 Å². The molecule has 0 fully saturated rings. The van der Waals surface area contributed by atoms with Crippen molar-refractivity contribution in [1.82, 2.24) is 14.6 Å². The predicted octanol–water partition coefficient (Wildman–Crippen LogP) is 3.93. The molecule has 134 valence electrons. The number of hydrogen-bond acceptors (Lipinski definition) is 4. The molecule has 0 aliphatic rings. The number of nitrogen functional groups attached to an aromatic ring is 1. The fraction of sp³-hybridized carbons (Fsp3) is 0.0500. The van der Waals surface area contributed by atoms with E-state index in [-0.39, 0.29) is 6.03 Å². The van der Waals surface area contributed by atoms with Gasteiger partial charge in [0, 0.05) is 29.2 Å². The summed E-state index contributed by atoms with van der Waals surface area (Å²) in [6, 6.07) is 16.5. The molecule has 0 aliphatic carbocycles. The van der Waals surface area contributed by atoms with Crippen LogP contribution in [0.4, 0.5) is 22.0 Å². The highest BCUT2D eigenvalue weighted by Crippen LogP contribution is 2.27. The van der Waals surface area contributed by atoms with Gasteiger partial charge in [0.2, 0.25) is 0 Å². The molecule has 2 heterocycles. The fourth-order valence-electron chi connectivity index (χ4n) is 2.89. The summed E-state index contributed by atoms with van der Waals surface area (Å²) < 4.78 is 1.58. The van der Waals surface area contributed by atoms with Gasteiger partial charge >= 0.3 is 6.03 Å². The van der Waals surface area contributed by atoms with E-state index < -0.39 is 0 Å². The van der Waals surface area contributed by atoms with Crippen molar-refractivity contribution in [1.29, 1.82) is 0 Å². The van der Waals surface area contributed by atoms with Crippen molar-refractivity contribution in [2.45, 2.75) is 6.92 Å². The third-order valence-electron chi connectivity index (χ3n) is 4.16. The summed E-state index contributed by atoms with van der Waals surface area (Å²) in [6.07, 6.45) is 3.36. The summed E-state index contributed by atoms with van der Waals surface area (Å²) in [5.74, 6) is 0.492. The van der Waals surface area contributed by atoms with Crippen molar-refractivity contribution in [3.63, 3.8) is 0 Å². The molecule has 27 heavy (non-hydrogen) atoms. The van der Waals surface area contributed by atoms with Crippen molar-refractivity contribution in [2.75, 3.05) is 16.4 Å². The summed E-state index contributed by atoms with van der Waals surface area (Å²) in [5.41, 5.74) is 11.0. The van der Waals surface area contributed by atoms with Crippen LogP contribution < -0.4 is 16.4 Å². The minimum Gasteiger partial charge on any atom is -0.383 e. The van der Waals surface area contributed by atoms with Crippen molar-refractivity contribution in [2.24, 2.45) is 0 Å². The number of carbonyl (C=O) groups excluding carboxylic acids is 1. The molecule has 7 nitrogen and oxygen atoms in total. The van der Waals surface area contributed by atoms with E-state index in [1.807, 2.05) is 55.5 Å². The maximum Gasteiger partial charge on any atom is 0.323 e. The fourth-order valence-corrected chi connectivity index (χ4v) is 2.89. The first kappa shape index (κ1) is 16.6. The highest BCUT2D eigenvalue weighted by atomic mass is 16.2. The van der Waals surface area contributed by atoms with Gasteiger partial charge in [-0.25, -0.2) is 9.78 Å². The SMILES string of the molecule is Cc1cccc(NC(=O)Nc2cccc(-c3cnc4ccnn4c3N)c2)c1. The van der Waals surface area contributed by atoms with Gasteiger partial charge in [-0.2, -0.15) is 9.61 Å². The van der Waals surface area contributed by atoms with Crippen LogP contribution in [-0.4, -0.2) is 20.6 Å². The quantitative estimate of drug-likeness (QED) is 0.517. The lowest BCUT2D eigenvalue weighted by molar-refractivity contribution is 0.262. The molecule has 0 spiro atoms. The lowest BCUT2D eigenvalue weighted by Gasteiger charge is -2.11. The highest BCUT2D eigenvalue weighted by molar-refractivity contribution is 6.00. The summed E-state index contributed by atoms with van der Waals surface area (Å²) in [5, 5.41) is 9.84. The molecule has 2 amide bonds. The molecule has 0 saturated carbocycles. The first-order chi connectivity index (χ1) is 13.1. The van der Waals surface area contributed by atoms with Crippen molar-refractivity contribution in [3.05, 3.63) is 72.6 Å². The Morgan fingerprint density at radius 2 is 1.78 bits per heavy atom. The van der Waals surface area contributed by atoms with E-state index in [0.29, 0.717) is 17.2 Å². The molecule has 4 N–H and O–H groups in total. The van der Waals surface area contributed by atoms with Gasteiger partial charge in [0.15, 0.2) is 5.65 Å². The van der Waals surface area contributed by atoms with Crippen molar-refractivity contribution < 1.29 is 4.79 Å². The Balaban J connectivity index is 1.56. The first-order valence-corrected chi connectivity index (χ1v) is 8.43. The lowest BCUT2D eigenvalue weighted by atomic mass is 10.1. The van der Waals surface area contributed by atoms with Gasteiger partial charge in [0.25, 0.3) is 0 Å². The molecule has 0 aliphatic heterocycles. The topological polar surface area (TPSA) is 97.3 Å². The minimum absolute atomic E-state index is 0.314. The van der Waals surface area contributed by atoms with Crippen LogP contribution in [0.1, 0.15) is 5.56 Å². The number of rotatable bonds is 3. The van der Waals surface area contributed by atoms with Gasteiger partial charge in [-0.15, -0.1) is 0 Å². The van der Waals surface area contributed by atoms with Crippen LogP contribution in [0.3, 0.4) is 0 Å². The largest absolute Gasteiger partial charge is 0.383 e. The van der Waals surface area contributed by atoms with Crippen molar-refractivity contribution >= 4 is 28.9 Å². The number of nitrogens with one attached hydrogen (secondary N) is 2. The zero-order chi connectivity index (χ0) is 18.8. The molecule has 0 bridgehead atoms. The van der Waals surface area contributed by atoms with Crippen LogP contribution in [0.25, 0.3) is 16.8 Å². The molecule has 0 unspecified atom stereocenters. The average molecular weight is 358 g/mol. The van der Waals surface area contributed by atoms with E-state index in [4.69, 9.17) is 5.73 Å². The molecule has 2 aromatic carbocycles. The molecule has 0 atom stereocenters. The van der Waals surface area contributed by atoms with Crippen LogP contribution >= 0.6 is 0 Å². The molecular formula is C20H18N6O. The van der Waals surface area contributed by atoms with Crippen molar-refractivity contribution in [3.8, 4) is 11.1 Å². The number of carbonyl (C=O) groups is 1. The zero-order valence-corrected chi connectivity index (χ0v) is 14.7. The number of benzene rings is 2. The minimum atomic E-state index is -0.314. The summed E-state index contributed by atoms with van der Waals surface area (Å²) in [4.78, 5) is 16.6. The molecule has 4 rings (SSSR count). The molecular weight excluding hydrogens is 340 g/mol. The number of anilines is 3. The van der Waals surface area contributed by atoms with Gasteiger partial charge < -0.3 is 16.4 Å². The molecule has 0 radical (unpaired) electrons. The van der Waals surface area contributed by atoms with E-state index >= 15 is 0 Å². The molecule has 4 aromatic rings. The number of nitrogens with two attached hydrogens (primary N) is 1. The second-order valence-corrected chi connectivity index (χ2v) is 6.19. The van der Waals surface area contributed by atoms with E-state index in [1.165, 1.54) is 0 Å². The van der Waals surface area contributed by atoms with Crippen LogP contribution in [0.2, 0.25) is 0 Å². The van der Waals surface area contributed by atoms with Crippen LogP contribution in [0, 0.1) is 6.92 Å². The number of fused-ring (bicyclic) bond motifs is 1. The number of amides is 2. The maximum absolute atomic E-state index is 12.3. The Morgan fingerprint density at radius 1 is 1.04 bits per heavy atom. The van der Waals surface area contributed by atoms with Crippen LogP contribution in [0.15, 0.2) is 67.0 Å². The molecule has 2 aromatic heterocycles. The van der Waals surface area contributed by atoms with Crippen LogP contribution in [-0.2, 0) is 0 Å². The Kier molecular flexibility index (Phi) is 4.18. The second-order valence-electron chi connectivity index (χ2n) is 6.19. The summed E-state index contributed by atoms with van der Waals surface area (Å²) in [7, 11) is 0. The number of hydrogen-bond donors (Lipinski definition) is 3. The highest BCUT2D eigenvalue weighted by Gasteiger charge is 2.10. The Labute approximate surface area is 155 Å². The average Bonchev–Trinajstić information content (AvgIpc) is 3.12. The van der Waals surface area contributed by atoms with Gasteiger partial charge in [-0.1, -0.05) is 24.3 Å². The Bertz CT molecular complexity index is 1130. The monoisotopic (exact) mass is 358 g/mol. The molecule has 7 heteroatoms. The summed E-state index contributed by atoms with van der Waals surface area (Å²) in [6.45, 7) is 1.97. The Hall–Kier alpha value is -3.87. The van der Waals surface area contributed by atoms with Gasteiger partial charge in [0.1, 0.15) is 5.82 Å². The number of nitrogens with zero attached hydrogens (tertiary/aromatic N) is 3. The maximum atomic E-state index is 12.3. The third-order valence-corrected chi connectivity index (χ3v) is 4.16. The van der Waals surface area contributed by atoms with Gasteiger partial charge in [-0.3, -0.25) is 0 Å². The predicted molar refractivity (Wildman–Crippen MR) is 107 cm³/mol. The van der Waals surface area contributed by atoms with E-state index in [2.05, 4.69) is 20.7 Å². The number of urea groups is 1. The normalized spacial score (nSPS) is 10.7. The number of aryl methyl sites for hydroxylation is 1. The van der Waals surface area contributed by atoms with Gasteiger partial charge in [0.05, 0.1) is 6.20 Å². The van der Waals surface area contributed by atoms with E-state index in [0.717, 1.165) is 22.4 Å². The van der Waals surface area contributed by atoms with Crippen LogP contribution in [0.5, 0.6) is 0 Å². The smallest absolute Gasteiger partial charge is 0.323 e. The first-order valence-electron chi connectivity index (χ1n) is 8.43. The summed E-state index contributed by atoms with van der Waals surface area (Å²) >= 11 is 0. The second kappa shape index (κ2) is 6.80.